The maximum atomic E-state index is 10.6. The van der Waals surface area contributed by atoms with E-state index in [-0.39, 0.29) is 48.3 Å². The molecule has 180 valence electrons. The van der Waals surface area contributed by atoms with Gasteiger partial charge < -0.3 is 24.3 Å². The van der Waals surface area contributed by atoms with E-state index in [1.807, 2.05) is 73.8 Å². The van der Waals surface area contributed by atoms with Gasteiger partial charge in [-0.25, -0.2) is 4.98 Å². The summed E-state index contributed by atoms with van der Waals surface area (Å²) < 4.78 is 11.1. The molecule has 0 amide bonds. The molecule has 0 aliphatic heterocycles. The van der Waals surface area contributed by atoms with Crippen LogP contribution in [-0.4, -0.2) is 54.4 Å². The molecule has 1 aromatic heterocycles. The van der Waals surface area contributed by atoms with Crippen molar-refractivity contribution in [1.82, 2.24) is 9.97 Å². The Labute approximate surface area is 229 Å². The first kappa shape index (κ1) is 28.9. The molecule has 0 spiro atoms. The van der Waals surface area contributed by atoms with Crippen LogP contribution in [0, 0.1) is 0 Å². The maximum absolute atomic E-state index is 10.6. The number of benzene rings is 2. The van der Waals surface area contributed by atoms with Crippen LogP contribution in [0.1, 0.15) is 27.2 Å². The zero-order valence-electron chi connectivity index (χ0n) is 21.0. The standard InChI is InChI=1S/C27H33N3O4.Na/c1-4-23(18-33-19-25(31)32)34-16-15-30(20(2)3)24-17-28-26(21-11-7-5-8-12-21)27(29-24)22-13-9-6-10-14-22;/h5-14,17,20,23H,4,15-16,18-19H2,1-3H3,(H,31,32);/q;+1/p-1/t23-;/m1./s1. The van der Waals surface area contributed by atoms with E-state index in [1.54, 1.807) is 0 Å². The van der Waals surface area contributed by atoms with Gasteiger partial charge in [0.1, 0.15) is 5.82 Å². The average Bonchev–Trinajstić information content (AvgIpc) is 2.86. The van der Waals surface area contributed by atoms with Gasteiger partial charge in [-0.1, -0.05) is 67.6 Å². The van der Waals surface area contributed by atoms with Crippen LogP contribution in [0.3, 0.4) is 0 Å². The van der Waals surface area contributed by atoms with Crippen LogP contribution >= 0.6 is 0 Å². The van der Waals surface area contributed by atoms with Crippen molar-refractivity contribution in [2.45, 2.75) is 39.3 Å². The molecule has 0 bridgehead atoms. The number of ether oxygens (including phenoxy) is 2. The quantitative estimate of drug-likeness (QED) is 0.328. The van der Waals surface area contributed by atoms with E-state index in [2.05, 4.69) is 18.7 Å². The number of carboxylic acids is 1. The fourth-order valence-electron chi connectivity index (χ4n) is 3.64. The van der Waals surface area contributed by atoms with Gasteiger partial charge in [0.2, 0.25) is 0 Å². The van der Waals surface area contributed by atoms with Gasteiger partial charge in [0, 0.05) is 23.7 Å². The van der Waals surface area contributed by atoms with Gasteiger partial charge in [0.05, 0.1) is 49.5 Å². The molecular weight excluding hydrogens is 453 g/mol. The molecule has 1 heterocycles. The average molecular weight is 486 g/mol. The number of hydrogen-bond donors (Lipinski definition) is 0. The second-order valence-corrected chi connectivity index (χ2v) is 8.23. The number of nitrogens with zero attached hydrogens (tertiary/aromatic N) is 3. The molecule has 0 saturated carbocycles. The van der Waals surface area contributed by atoms with E-state index in [1.165, 1.54) is 0 Å². The van der Waals surface area contributed by atoms with Crippen LogP contribution in [0.25, 0.3) is 22.5 Å². The molecular formula is C27H32N3NaO4. The van der Waals surface area contributed by atoms with Gasteiger partial charge >= 0.3 is 29.6 Å². The predicted octanol–water partition coefficient (Wildman–Crippen LogP) is 0.591. The third kappa shape index (κ3) is 8.70. The van der Waals surface area contributed by atoms with Crippen LogP contribution in [0.2, 0.25) is 0 Å². The minimum absolute atomic E-state index is 0. The minimum atomic E-state index is -1.23. The second-order valence-electron chi connectivity index (χ2n) is 8.23. The molecule has 8 heteroatoms. The normalized spacial score (nSPS) is 11.7. The summed E-state index contributed by atoms with van der Waals surface area (Å²) >= 11 is 0. The van der Waals surface area contributed by atoms with Crippen molar-refractivity contribution in [3.05, 3.63) is 66.9 Å². The Morgan fingerprint density at radius 2 is 1.60 bits per heavy atom. The topological polar surface area (TPSA) is 87.6 Å². The first-order valence-corrected chi connectivity index (χ1v) is 11.6. The largest absolute Gasteiger partial charge is 1.00 e. The van der Waals surface area contributed by atoms with Gasteiger partial charge in [0.25, 0.3) is 0 Å². The molecule has 0 unspecified atom stereocenters. The van der Waals surface area contributed by atoms with Gasteiger partial charge in [-0.2, -0.15) is 0 Å². The zero-order valence-corrected chi connectivity index (χ0v) is 23.0. The molecule has 0 radical (unpaired) electrons. The molecule has 3 rings (SSSR count). The second kappa shape index (κ2) is 15.0. The number of carbonyl (C=O) groups is 1. The van der Waals surface area contributed by atoms with Gasteiger partial charge in [0.15, 0.2) is 0 Å². The zero-order chi connectivity index (χ0) is 24.3. The van der Waals surface area contributed by atoms with E-state index in [4.69, 9.17) is 19.4 Å². The van der Waals surface area contributed by atoms with Crippen LogP contribution in [-0.2, 0) is 14.3 Å². The number of aromatic nitrogens is 2. The number of anilines is 1. The summed E-state index contributed by atoms with van der Waals surface area (Å²) in [5.74, 6) is -0.453. The Balaban J connectivity index is 0.00000432. The smallest absolute Gasteiger partial charge is 0.548 e. The summed E-state index contributed by atoms with van der Waals surface area (Å²) in [6, 6.07) is 20.3. The summed E-state index contributed by atoms with van der Waals surface area (Å²) in [5.41, 5.74) is 3.69. The molecule has 0 N–H and O–H groups in total. The summed E-state index contributed by atoms with van der Waals surface area (Å²) in [5, 5.41) is 10.6. The number of carboxylic acid groups (broad SMARTS) is 1. The third-order valence-electron chi connectivity index (χ3n) is 5.44. The summed E-state index contributed by atoms with van der Waals surface area (Å²) in [6.07, 6.45) is 2.35. The van der Waals surface area contributed by atoms with Crippen molar-refractivity contribution < 1.29 is 48.9 Å². The van der Waals surface area contributed by atoms with Crippen molar-refractivity contribution in [3.8, 4) is 22.5 Å². The molecule has 2 aromatic carbocycles. The van der Waals surface area contributed by atoms with Crippen molar-refractivity contribution in [2.24, 2.45) is 0 Å². The van der Waals surface area contributed by atoms with Crippen molar-refractivity contribution in [3.63, 3.8) is 0 Å². The van der Waals surface area contributed by atoms with E-state index in [0.29, 0.717) is 13.2 Å². The summed E-state index contributed by atoms with van der Waals surface area (Å²) in [4.78, 5) is 22.6. The summed E-state index contributed by atoms with van der Waals surface area (Å²) in [7, 11) is 0. The fraction of sp³-hybridized carbons (Fsp3) is 0.370. The molecule has 7 nitrogen and oxygen atoms in total. The van der Waals surface area contributed by atoms with Crippen molar-refractivity contribution in [2.75, 3.05) is 31.3 Å². The Morgan fingerprint density at radius 3 is 2.14 bits per heavy atom. The molecule has 0 aliphatic rings. The van der Waals surface area contributed by atoms with Crippen molar-refractivity contribution >= 4 is 11.8 Å². The molecule has 3 aromatic rings. The van der Waals surface area contributed by atoms with Gasteiger partial charge in [-0.05, 0) is 20.3 Å². The van der Waals surface area contributed by atoms with Crippen molar-refractivity contribution in [1.29, 1.82) is 0 Å². The van der Waals surface area contributed by atoms with Crippen LogP contribution in [0.4, 0.5) is 5.82 Å². The van der Waals surface area contributed by atoms with Crippen LogP contribution in [0.5, 0.6) is 0 Å². The van der Waals surface area contributed by atoms with Crippen LogP contribution in [0.15, 0.2) is 66.9 Å². The van der Waals surface area contributed by atoms with E-state index >= 15 is 0 Å². The molecule has 35 heavy (non-hydrogen) atoms. The Morgan fingerprint density at radius 1 is 1.00 bits per heavy atom. The molecule has 0 saturated heterocycles. The SMILES string of the molecule is CC[C@H](COCC(=O)[O-])OCCN(c1cnc(-c2ccccc2)c(-c2ccccc2)n1)C(C)C.[Na+]. The third-order valence-corrected chi connectivity index (χ3v) is 5.44. The monoisotopic (exact) mass is 485 g/mol. The summed E-state index contributed by atoms with van der Waals surface area (Å²) in [6.45, 7) is 7.05. The number of hydrogen-bond acceptors (Lipinski definition) is 7. The first-order chi connectivity index (χ1) is 16.5. The maximum Gasteiger partial charge on any atom is 1.00 e. The van der Waals surface area contributed by atoms with E-state index in [0.717, 1.165) is 34.8 Å². The van der Waals surface area contributed by atoms with Gasteiger partial charge in [-0.15, -0.1) is 0 Å². The molecule has 0 fully saturated rings. The number of rotatable bonds is 13. The van der Waals surface area contributed by atoms with Gasteiger partial charge in [-0.3, -0.25) is 4.98 Å². The number of carbonyl (C=O) groups excluding carboxylic acids is 1. The fourth-order valence-corrected chi connectivity index (χ4v) is 3.64. The first-order valence-electron chi connectivity index (χ1n) is 11.6. The Hall–Kier alpha value is -2.29. The molecule has 1 atom stereocenters. The Kier molecular flexibility index (Phi) is 12.4. The van der Waals surface area contributed by atoms with Crippen LogP contribution < -0.4 is 39.6 Å². The van der Waals surface area contributed by atoms with E-state index < -0.39 is 12.6 Å². The Bertz CT molecular complexity index is 1040. The predicted molar refractivity (Wildman–Crippen MR) is 131 cm³/mol. The van der Waals surface area contributed by atoms with E-state index in [9.17, 15) is 9.90 Å². The minimum Gasteiger partial charge on any atom is -0.548 e. The molecule has 0 aliphatic carbocycles. The number of aliphatic carboxylic acids is 1.